The molecule has 0 spiro atoms. The highest BCUT2D eigenvalue weighted by molar-refractivity contribution is 7.80. The van der Waals surface area contributed by atoms with E-state index in [1.807, 2.05) is 0 Å². The molecular weight excluding hydrogens is 434 g/mol. The van der Waals surface area contributed by atoms with Gasteiger partial charge in [0, 0.05) is 13.1 Å². The van der Waals surface area contributed by atoms with E-state index in [1.54, 1.807) is 43.4 Å². The van der Waals surface area contributed by atoms with Gasteiger partial charge in [0.1, 0.15) is 5.71 Å². The van der Waals surface area contributed by atoms with Gasteiger partial charge in [0.2, 0.25) is 11.8 Å². The Morgan fingerprint density at radius 1 is 1.06 bits per heavy atom. The fraction of sp³-hybridized carbons (Fsp3) is 0.300. The van der Waals surface area contributed by atoms with E-state index in [0.29, 0.717) is 18.8 Å². The number of fused-ring (bicyclic) bond motifs is 1. The van der Waals surface area contributed by atoms with E-state index in [4.69, 9.17) is 24.4 Å². The van der Waals surface area contributed by atoms with Crippen molar-refractivity contribution >= 4 is 58.4 Å². The van der Waals surface area contributed by atoms with Gasteiger partial charge in [-0.2, -0.15) is 10.2 Å². The van der Waals surface area contributed by atoms with Crippen LogP contribution in [0.3, 0.4) is 0 Å². The maximum Gasteiger partial charge on any atom is 0.237 e. The summed E-state index contributed by atoms with van der Waals surface area (Å²) < 4.78 is 0. The van der Waals surface area contributed by atoms with Crippen molar-refractivity contribution in [2.24, 2.45) is 22.0 Å². The quantitative estimate of drug-likeness (QED) is 0.131. The predicted octanol–water partition coefficient (Wildman–Crippen LogP) is 0.744. The Morgan fingerprint density at radius 3 is 2.10 bits per heavy atom. The van der Waals surface area contributed by atoms with Crippen LogP contribution in [0.4, 0.5) is 0 Å². The largest absolute Gasteiger partial charge is 0.358 e. The monoisotopic (exact) mass is 459 g/mol. The third-order valence-corrected chi connectivity index (χ3v) is 4.93. The number of amides is 2. The van der Waals surface area contributed by atoms with Gasteiger partial charge in [-0.1, -0.05) is 36.5 Å². The van der Waals surface area contributed by atoms with E-state index >= 15 is 0 Å². The molecule has 4 N–H and O–H groups in total. The summed E-state index contributed by atoms with van der Waals surface area (Å²) in [7, 11) is 0. The van der Waals surface area contributed by atoms with Gasteiger partial charge in [0.05, 0.1) is 24.1 Å². The van der Waals surface area contributed by atoms with Crippen LogP contribution in [0.5, 0.6) is 0 Å². The lowest BCUT2D eigenvalue weighted by molar-refractivity contribution is -0.140. The molecule has 0 bridgehead atoms. The first-order valence-corrected chi connectivity index (χ1v) is 10.3. The number of likely N-dealkylation sites (tertiary alicyclic amines) is 1. The molecule has 2 aliphatic rings. The van der Waals surface area contributed by atoms with Crippen LogP contribution in [0.15, 0.2) is 59.8 Å². The Morgan fingerprint density at radius 2 is 1.58 bits per heavy atom. The lowest BCUT2D eigenvalue weighted by Crippen LogP contribution is -2.45. The minimum atomic E-state index is -0.692. The molecule has 3 unspecified atom stereocenters. The Labute approximate surface area is 192 Å². The van der Waals surface area contributed by atoms with Crippen LogP contribution < -0.4 is 21.5 Å². The molecule has 31 heavy (non-hydrogen) atoms. The summed E-state index contributed by atoms with van der Waals surface area (Å²) in [6, 6.07) is -0.692. The number of hydrazone groups is 2. The number of carbonyl (C=O) groups is 2. The van der Waals surface area contributed by atoms with E-state index in [2.05, 4.69) is 44.8 Å². The lowest BCUT2D eigenvalue weighted by Gasteiger charge is -2.23. The normalized spacial score (nSPS) is 20.9. The molecule has 9 nitrogen and oxygen atoms in total. The van der Waals surface area contributed by atoms with Gasteiger partial charge in [-0.3, -0.25) is 25.3 Å². The maximum absolute atomic E-state index is 12.9. The Kier molecular flexibility index (Phi) is 9.22. The summed E-state index contributed by atoms with van der Waals surface area (Å²) in [6.07, 6.45) is 11.7. The van der Waals surface area contributed by atoms with Crippen molar-refractivity contribution < 1.29 is 9.59 Å². The zero-order chi connectivity index (χ0) is 22.8. The fourth-order valence-electron chi connectivity index (χ4n) is 2.93. The molecule has 0 saturated carbocycles. The van der Waals surface area contributed by atoms with Gasteiger partial charge >= 0.3 is 0 Å². The average molecular weight is 460 g/mol. The van der Waals surface area contributed by atoms with Crippen molar-refractivity contribution in [2.45, 2.75) is 13.0 Å². The molecule has 1 aliphatic carbocycles. The molecule has 11 heteroatoms. The topological polar surface area (TPSA) is 110 Å². The van der Waals surface area contributed by atoms with Crippen LogP contribution >= 0.6 is 24.4 Å². The molecule has 1 heterocycles. The highest BCUT2D eigenvalue weighted by Gasteiger charge is 2.48. The summed E-state index contributed by atoms with van der Waals surface area (Å²) in [5, 5.41) is 14.6. The third-order valence-electron chi connectivity index (χ3n) is 4.46. The number of nitrogens with zero attached hydrogens (tertiary/aromatic N) is 3. The van der Waals surface area contributed by atoms with Gasteiger partial charge in [0.15, 0.2) is 10.2 Å². The number of nitrogens with one attached hydrogen (secondary N) is 4. The van der Waals surface area contributed by atoms with Crippen LogP contribution in [-0.4, -0.2) is 58.0 Å². The number of carbonyl (C=O) groups excluding carboxylic acids is 2. The predicted molar refractivity (Wildman–Crippen MR) is 130 cm³/mol. The average Bonchev–Trinajstić information content (AvgIpc) is 3.03. The highest BCUT2D eigenvalue weighted by Crippen LogP contribution is 2.32. The van der Waals surface area contributed by atoms with Crippen molar-refractivity contribution in [1.29, 1.82) is 0 Å². The Balaban J connectivity index is 2.19. The molecule has 164 valence electrons. The standard InChI is InChI=1S/C20H25N7O2S2/c1-4-10-21-19(30)25-23-12-16(24-26-20(31)22-11-5-2)13(3)27-17(28)14-8-6-7-9-15(14)18(27)29/h4-9,12-15H,1-2,10-11H2,3H3,(H2,21,25,30)(H2,22,26,31)/b23-12+,24-16-. The van der Waals surface area contributed by atoms with Crippen molar-refractivity contribution in [3.63, 3.8) is 0 Å². The molecular formula is C20H25N7O2S2. The van der Waals surface area contributed by atoms with Crippen LogP contribution in [-0.2, 0) is 9.59 Å². The highest BCUT2D eigenvalue weighted by atomic mass is 32.1. The summed E-state index contributed by atoms with van der Waals surface area (Å²) in [5.41, 5.74) is 5.64. The van der Waals surface area contributed by atoms with E-state index in [-0.39, 0.29) is 22.0 Å². The number of hydrogen-bond acceptors (Lipinski definition) is 6. The minimum Gasteiger partial charge on any atom is -0.358 e. The van der Waals surface area contributed by atoms with Crippen LogP contribution in [0, 0.1) is 11.8 Å². The molecule has 0 aromatic carbocycles. The van der Waals surface area contributed by atoms with Crippen molar-refractivity contribution in [3.8, 4) is 0 Å². The SMILES string of the molecule is C=CCNC(=S)N/N=C/C(=N/NC(=S)NCC=C)C(C)N1C(=O)C2C=CC=CC2C1=O. The first kappa shape index (κ1) is 24.1. The molecule has 2 amide bonds. The van der Waals surface area contributed by atoms with Gasteiger partial charge < -0.3 is 10.6 Å². The van der Waals surface area contributed by atoms with E-state index in [1.165, 1.54) is 11.1 Å². The summed E-state index contributed by atoms with van der Waals surface area (Å²) >= 11 is 10.2. The number of thiocarbonyl (C=S) groups is 2. The molecule has 0 aromatic heterocycles. The molecule has 2 rings (SSSR count). The summed E-state index contributed by atoms with van der Waals surface area (Å²) in [4.78, 5) is 26.9. The second kappa shape index (κ2) is 11.9. The zero-order valence-corrected chi connectivity index (χ0v) is 18.7. The van der Waals surface area contributed by atoms with Crippen molar-refractivity contribution in [2.75, 3.05) is 13.1 Å². The summed E-state index contributed by atoms with van der Waals surface area (Å²) in [5.74, 6) is -1.58. The second-order valence-electron chi connectivity index (χ2n) is 6.56. The van der Waals surface area contributed by atoms with Gasteiger partial charge in [-0.05, 0) is 31.4 Å². The number of imide groups is 1. The zero-order valence-electron chi connectivity index (χ0n) is 17.1. The Bertz CT molecular complexity index is 849. The van der Waals surface area contributed by atoms with Gasteiger partial charge in [0.25, 0.3) is 0 Å². The van der Waals surface area contributed by atoms with E-state index < -0.39 is 17.9 Å². The minimum absolute atomic E-state index is 0.257. The Hall–Kier alpha value is -3.18. The number of hydrogen-bond donors (Lipinski definition) is 4. The van der Waals surface area contributed by atoms with Crippen molar-refractivity contribution in [1.82, 2.24) is 26.4 Å². The van der Waals surface area contributed by atoms with E-state index in [0.717, 1.165) is 0 Å². The first-order valence-electron chi connectivity index (χ1n) is 9.52. The number of allylic oxidation sites excluding steroid dienone is 2. The van der Waals surface area contributed by atoms with Crippen molar-refractivity contribution in [3.05, 3.63) is 49.6 Å². The molecule has 1 aliphatic heterocycles. The van der Waals surface area contributed by atoms with Gasteiger partial charge in [-0.25, -0.2) is 0 Å². The van der Waals surface area contributed by atoms with Crippen LogP contribution in [0.1, 0.15) is 6.92 Å². The summed E-state index contributed by atoms with van der Waals surface area (Å²) in [6.45, 7) is 9.83. The van der Waals surface area contributed by atoms with Crippen LogP contribution in [0.2, 0.25) is 0 Å². The first-order chi connectivity index (χ1) is 14.9. The second-order valence-corrected chi connectivity index (χ2v) is 7.38. The molecule has 0 aromatic rings. The lowest BCUT2D eigenvalue weighted by atomic mass is 9.91. The smallest absolute Gasteiger partial charge is 0.237 e. The number of rotatable bonds is 9. The third kappa shape index (κ3) is 6.40. The van der Waals surface area contributed by atoms with E-state index in [9.17, 15) is 9.59 Å². The molecule has 0 radical (unpaired) electrons. The molecule has 3 atom stereocenters. The molecule has 1 fully saturated rings. The fourth-order valence-corrected chi connectivity index (χ4v) is 3.20. The van der Waals surface area contributed by atoms with Crippen LogP contribution in [0.25, 0.3) is 0 Å². The van der Waals surface area contributed by atoms with Gasteiger partial charge in [-0.15, -0.1) is 13.2 Å². The maximum atomic E-state index is 12.9. The molecule has 1 saturated heterocycles.